The van der Waals surface area contributed by atoms with E-state index in [2.05, 4.69) is 24.1 Å². The lowest BCUT2D eigenvalue weighted by molar-refractivity contribution is 0.286. The van der Waals surface area contributed by atoms with Crippen LogP contribution >= 0.6 is 0 Å². The minimum absolute atomic E-state index is 0.471. The highest BCUT2D eigenvalue weighted by molar-refractivity contribution is 5.00. The molecule has 1 fully saturated rings. The zero-order valence-electron chi connectivity index (χ0n) is 11.0. The van der Waals surface area contributed by atoms with Crippen LogP contribution < -0.4 is 5.32 Å². The Morgan fingerprint density at radius 2 is 2.06 bits per heavy atom. The summed E-state index contributed by atoms with van der Waals surface area (Å²) in [7, 11) is 0. The predicted octanol–water partition coefficient (Wildman–Crippen LogP) is 2.28. The lowest BCUT2D eigenvalue weighted by Gasteiger charge is -2.24. The van der Waals surface area contributed by atoms with E-state index in [0.29, 0.717) is 12.1 Å². The molecule has 0 aliphatic carbocycles. The number of hydrogen-bond donors (Lipinski definition) is 1. The van der Waals surface area contributed by atoms with E-state index in [0.717, 1.165) is 12.2 Å². The second kappa shape index (κ2) is 6.22. The van der Waals surface area contributed by atoms with Crippen LogP contribution in [0.3, 0.4) is 0 Å². The highest BCUT2D eigenvalue weighted by Gasteiger charge is 2.16. The summed E-state index contributed by atoms with van der Waals surface area (Å²) in [6.45, 7) is 8.22. The Labute approximate surface area is 104 Å². The van der Waals surface area contributed by atoms with E-state index in [1.165, 1.54) is 32.5 Å². The maximum atomic E-state index is 5.37. The highest BCUT2D eigenvalue weighted by atomic mass is 16.3. The molecule has 1 aromatic rings. The molecule has 96 valence electrons. The van der Waals surface area contributed by atoms with Gasteiger partial charge in [0.15, 0.2) is 0 Å². The standard InChI is InChI=1S/C14H24N2O/c1-12(10-14-6-5-9-17-14)15-13(2)11-16-7-3-4-8-16/h5-6,9,12-13,15H,3-4,7-8,10-11H2,1-2H3. The topological polar surface area (TPSA) is 28.4 Å². The third-order valence-corrected chi connectivity index (χ3v) is 3.39. The Bertz CT molecular complexity index is 304. The molecule has 2 unspecified atom stereocenters. The van der Waals surface area contributed by atoms with Crippen LogP contribution in [0.15, 0.2) is 22.8 Å². The maximum Gasteiger partial charge on any atom is 0.105 e. The van der Waals surface area contributed by atoms with Crippen LogP contribution in [-0.4, -0.2) is 36.6 Å². The molecular weight excluding hydrogens is 212 g/mol. The fourth-order valence-electron chi connectivity index (χ4n) is 2.68. The third kappa shape index (κ3) is 4.17. The van der Waals surface area contributed by atoms with Gasteiger partial charge in [0.25, 0.3) is 0 Å². The summed E-state index contributed by atoms with van der Waals surface area (Å²) in [5.74, 6) is 1.07. The van der Waals surface area contributed by atoms with Crippen molar-refractivity contribution in [3.8, 4) is 0 Å². The van der Waals surface area contributed by atoms with Gasteiger partial charge >= 0.3 is 0 Å². The summed E-state index contributed by atoms with van der Waals surface area (Å²) in [6.07, 6.45) is 5.45. The third-order valence-electron chi connectivity index (χ3n) is 3.39. The molecule has 2 atom stereocenters. The minimum Gasteiger partial charge on any atom is -0.469 e. The highest BCUT2D eigenvalue weighted by Crippen LogP contribution is 2.09. The molecule has 0 aromatic carbocycles. The molecule has 3 nitrogen and oxygen atoms in total. The molecule has 3 heteroatoms. The molecule has 2 heterocycles. The summed E-state index contributed by atoms with van der Waals surface area (Å²) in [6, 6.07) is 5.02. The number of nitrogens with one attached hydrogen (secondary N) is 1. The maximum absolute atomic E-state index is 5.37. The second-order valence-electron chi connectivity index (χ2n) is 5.26. The van der Waals surface area contributed by atoms with Gasteiger partial charge in [-0.05, 0) is 51.9 Å². The van der Waals surface area contributed by atoms with Crippen LogP contribution in [0.1, 0.15) is 32.4 Å². The summed E-state index contributed by atoms with van der Waals surface area (Å²) >= 11 is 0. The van der Waals surface area contributed by atoms with Gasteiger partial charge in [0.1, 0.15) is 5.76 Å². The van der Waals surface area contributed by atoms with Gasteiger partial charge in [-0.1, -0.05) is 0 Å². The van der Waals surface area contributed by atoms with E-state index in [4.69, 9.17) is 4.42 Å². The Balaban J connectivity index is 1.68. The van der Waals surface area contributed by atoms with Crippen LogP contribution in [0, 0.1) is 0 Å². The van der Waals surface area contributed by atoms with Gasteiger partial charge in [-0.25, -0.2) is 0 Å². The van der Waals surface area contributed by atoms with Crippen molar-refractivity contribution in [2.75, 3.05) is 19.6 Å². The quantitative estimate of drug-likeness (QED) is 0.821. The fraction of sp³-hybridized carbons (Fsp3) is 0.714. The molecule has 0 saturated carbocycles. The zero-order chi connectivity index (χ0) is 12.1. The molecule has 1 N–H and O–H groups in total. The van der Waals surface area contributed by atoms with Crippen molar-refractivity contribution in [1.82, 2.24) is 10.2 Å². The lowest BCUT2D eigenvalue weighted by atomic mass is 10.1. The minimum atomic E-state index is 0.471. The van der Waals surface area contributed by atoms with Gasteiger partial charge in [0.2, 0.25) is 0 Å². The largest absolute Gasteiger partial charge is 0.469 e. The Kier molecular flexibility index (Phi) is 4.63. The van der Waals surface area contributed by atoms with E-state index in [9.17, 15) is 0 Å². The molecule has 0 amide bonds. The van der Waals surface area contributed by atoms with Crippen LogP contribution in [0.4, 0.5) is 0 Å². The number of hydrogen-bond acceptors (Lipinski definition) is 3. The van der Waals surface area contributed by atoms with E-state index in [-0.39, 0.29) is 0 Å². The molecule has 1 aromatic heterocycles. The Morgan fingerprint density at radius 3 is 2.71 bits per heavy atom. The number of likely N-dealkylation sites (tertiary alicyclic amines) is 1. The molecular formula is C14H24N2O. The van der Waals surface area contributed by atoms with Gasteiger partial charge in [-0.2, -0.15) is 0 Å². The first-order valence-electron chi connectivity index (χ1n) is 6.75. The van der Waals surface area contributed by atoms with Crippen molar-refractivity contribution < 1.29 is 4.42 Å². The van der Waals surface area contributed by atoms with Crippen molar-refractivity contribution in [3.63, 3.8) is 0 Å². The molecule has 2 rings (SSSR count). The van der Waals surface area contributed by atoms with E-state index in [1.807, 2.05) is 12.1 Å². The van der Waals surface area contributed by atoms with Crippen molar-refractivity contribution in [3.05, 3.63) is 24.2 Å². The van der Waals surface area contributed by atoms with Crippen molar-refractivity contribution in [2.45, 2.75) is 45.2 Å². The van der Waals surface area contributed by atoms with Crippen LogP contribution in [0.2, 0.25) is 0 Å². The van der Waals surface area contributed by atoms with Gasteiger partial charge in [-0.3, -0.25) is 0 Å². The zero-order valence-corrected chi connectivity index (χ0v) is 11.0. The number of rotatable bonds is 6. The lowest BCUT2D eigenvalue weighted by Crippen LogP contribution is -2.42. The van der Waals surface area contributed by atoms with Crippen LogP contribution in [0.5, 0.6) is 0 Å². The predicted molar refractivity (Wildman–Crippen MR) is 70.1 cm³/mol. The Morgan fingerprint density at radius 1 is 1.29 bits per heavy atom. The molecule has 17 heavy (non-hydrogen) atoms. The van der Waals surface area contributed by atoms with E-state index < -0.39 is 0 Å². The molecule has 1 aliphatic rings. The molecule has 1 saturated heterocycles. The Hall–Kier alpha value is -0.800. The smallest absolute Gasteiger partial charge is 0.105 e. The van der Waals surface area contributed by atoms with Crippen molar-refractivity contribution >= 4 is 0 Å². The summed E-state index contributed by atoms with van der Waals surface area (Å²) in [5.41, 5.74) is 0. The molecule has 1 aliphatic heterocycles. The average Bonchev–Trinajstić information content (AvgIpc) is 2.90. The summed E-state index contributed by atoms with van der Waals surface area (Å²) in [5, 5.41) is 3.64. The van der Waals surface area contributed by atoms with Crippen molar-refractivity contribution in [1.29, 1.82) is 0 Å². The number of furan rings is 1. The molecule has 0 spiro atoms. The van der Waals surface area contributed by atoms with Gasteiger partial charge < -0.3 is 14.6 Å². The normalized spacial score (nSPS) is 20.6. The van der Waals surface area contributed by atoms with Crippen LogP contribution in [-0.2, 0) is 6.42 Å². The molecule has 0 bridgehead atoms. The SMILES string of the molecule is CC(Cc1ccco1)NC(C)CN1CCCC1. The van der Waals surface area contributed by atoms with Gasteiger partial charge in [0, 0.05) is 25.0 Å². The fourth-order valence-corrected chi connectivity index (χ4v) is 2.68. The first-order chi connectivity index (χ1) is 8.24. The van der Waals surface area contributed by atoms with Crippen molar-refractivity contribution in [2.24, 2.45) is 0 Å². The van der Waals surface area contributed by atoms with Crippen LogP contribution in [0.25, 0.3) is 0 Å². The van der Waals surface area contributed by atoms with E-state index >= 15 is 0 Å². The van der Waals surface area contributed by atoms with Gasteiger partial charge in [0.05, 0.1) is 6.26 Å². The summed E-state index contributed by atoms with van der Waals surface area (Å²) in [4.78, 5) is 2.55. The summed E-state index contributed by atoms with van der Waals surface area (Å²) < 4.78 is 5.37. The number of nitrogens with zero attached hydrogens (tertiary/aromatic N) is 1. The van der Waals surface area contributed by atoms with E-state index in [1.54, 1.807) is 6.26 Å². The second-order valence-corrected chi connectivity index (χ2v) is 5.26. The first-order valence-corrected chi connectivity index (χ1v) is 6.75. The average molecular weight is 236 g/mol. The van der Waals surface area contributed by atoms with Gasteiger partial charge in [-0.15, -0.1) is 0 Å². The molecule has 0 radical (unpaired) electrons. The first kappa shape index (κ1) is 12.7. The monoisotopic (exact) mass is 236 g/mol.